The van der Waals surface area contributed by atoms with Gasteiger partial charge < -0.3 is 43.6 Å². The quantitative estimate of drug-likeness (QED) is 0.0341. The Hall–Kier alpha value is -12.2. The average Bonchev–Trinajstić information content (AvgIpc) is 1.65. The van der Waals surface area contributed by atoms with Gasteiger partial charge in [0.25, 0.3) is 0 Å². The minimum Gasteiger partial charge on any atom is -0.333 e. The second kappa shape index (κ2) is 36.1. The fourth-order valence-electron chi connectivity index (χ4n) is 12.3. The molecule has 4 aromatic heterocycles. The highest BCUT2D eigenvalue weighted by Gasteiger charge is 2.45. The van der Waals surface area contributed by atoms with Crippen LogP contribution in [-0.4, -0.2) is 167 Å². The molecule has 118 heavy (non-hydrogen) atoms. The fraction of sp³-hybridized carbons (Fsp3) is 0.438. The maximum atomic E-state index is 13.8. The van der Waals surface area contributed by atoms with Crippen LogP contribution in [0, 0.1) is 100 Å². The molecule has 0 radical (unpaired) electrons. The van der Waals surface area contributed by atoms with Crippen molar-refractivity contribution in [3.8, 4) is 0 Å². The van der Waals surface area contributed by atoms with Crippen molar-refractivity contribution < 1.29 is 139 Å². The fourth-order valence-corrected chi connectivity index (χ4v) is 12.3. The molecule has 1 unspecified atom stereocenters. The van der Waals surface area contributed by atoms with Crippen LogP contribution in [0.2, 0.25) is 0 Å². The summed E-state index contributed by atoms with van der Waals surface area (Å²) in [5.74, 6) is -23.6. The molecule has 4 aliphatic heterocycles. The van der Waals surface area contributed by atoms with Gasteiger partial charge in [-0.2, -0.15) is 52.7 Å². The largest absolute Gasteiger partial charge is 0.451 e. The summed E-state index contributed by atoms with van der Waals surface area (Å²) >= 11 is 0. The lowest BCUT2D eigenvalue weighted by Gasteiger charge is -2.29. The first-order chi connectivity index (χ1) is 55.0. The summed E-state index contributed by atoms with van der Waals surface area (Å²) < 4.78 is 318. The molecule has 4 amide bonds. The van der Waals surface area contributed by atoms with Gasteiger partial charge in [0.1, 0.15) is 23.3 Å². The number of nitrogens with zero attached hydrogens (tertiary/aromatic N) is 19. The average molecular weight is 1720 g/mol. The van der Waals surface area contributed by atoms with Crippen LogP contribution in [0.4, 0.5) is 105 Å². The van der Waals surface area contributed by atoms with E-state index in [2.05, 4.69) is 40.8 Å². The molecule has 4 aromatic carbocycles. The number of rotatable bonds is 19. The highest BCUT2D eigenvalue weighted by atomic mass is 19.4. The van der Waals surface area contributed by atoms with Crippen LogP contribution in [0.5, 0.6) is 0 Å². The maximum absolute atomic E-state index is 13.8. The van der Waals surface area contributed by atoms with E-state index in [1.807, 2.05) is 0 Å². The van der Waals surface area contributed by atoms with E-state index in [-0.39, 0.29) is 138 Å². The van der Waals surface area contributed by atoms with Crippen LogP contribution in [0.15, 0.2) is 48.5 Å². The molecule has 4 atom stereocenters. The molecule has 0 bridgehead atoms. The van der Waals surface area contributed by atoms with Crippen LogP contribution in [-0.2, 0) is 122 Å². The van der Waals surface area contributed by atoms with Crippen LogP contribution in [0.3, 0.4) is 0 Å². The number of carbonyl (C=O) groups excluding carboxylic acids is 4. The third-order valence-corrected chi connectivity index (χ3v) is 18.2. The molecule has 8 aromatic rings. The van der Waals surface area contributed by atoms with E-state index >= 15 is 0 Å². The van der Waals surface area contributed by atoms with E-state index < -0.39 is 236 Å². The van der Waals surface area contributed by atoms with Crippen molar-refractivity contribution in [1.82, 2.24) is 78.7 Å². The predicted molar refractivity (Wildman–Crippen MR) is 341 cm³/mol. The molecular weight excluding hydrogens is 1660 g/mol. The van der Waals surface area contributed by atoms with Crippen molar-refractivity contribution in [2.75, 3.05) is 26.2 Å². The third kappa shape index (κ3) is 21.9. The number of fused-ring (bicyclic) bond motifs is 4. The van der Waals surface area contributed by atoms with Crippen molar-refractivity contribution in [1.29, 1.82) is 0 Å². The second-order valence-corrected chi connectivity index (χ2v) is 26.3. The van der Waals surface area contributed by atoms with Gasteiger partial charge in [0.05, 0.1) is 45.4 Å². The lowest BCUT2D eigenvalue weighted by molar-refractivity contribution is -0.521. The van der Waals surface area contributed by atoms with Crippen molar-refractivity contribution >= 4 is 23.6 Å². The Bertz CT molecular complexity index is 4740. The highest BCUT2D eigenvalue weighted by Crippen LogP contribution is 2.35. The Morgan fingerprint density at radius 2 is 0.508 bits per heavy atom. The summed E-state index contributed by atoms with van der Waals surface area (Å²) in [6.45, 7) is -2.62. The first-order valence-electron chi connectivity index (χ1n) is 33.7. The van der Waals surface area contributed by atoms with Crippen LogP contribution >= 0.6 is 0 Å². The topological polar surface area (TPSA) is 360 Å². The number of alkyl halides is 12. The second-order valence-electron chi connectivity index (χ2n) is 26.3. The van der Waals surface area contributed by atoms with Crippen LogP contribution in [0.25, 0.3) is 0 Å². The molecule has 12 rings (SSSR count). The molecular formula is C64H54F24N20O10. The number of carbonyl (C=O) groups is 4. The van der Waals surface area contributed by atoms with E-state index in [1.165, 1.54) is 4.90 Å². The van der Waals surface area contributed by atoms with Gasteiger partial charge in [0.15, 0.2) is 69.8 Å². The van der Waals surface area contributed by atoms with Crippen molar-refractivity contribution in [3.05, 3.63) is 218 Å². The van der Waals surface area contributed by atoms with Crippen LogP contribution < -0.4 is 5.73 Å². The molecule has 638 valence electrons. The zero-order valence-electron chi connectivity index (χ0n) is 59.3. The summed E-state index contributed by atoms with van der Waals surface area (Å²) in [5, 5.41) is 59.9. The Labute approximate surface area is 642 Å². The Morgan fingerprint density at radius 1 is 0.314 bits per heavy atom. The minimum absolute atomic E-state index is 0.000783. The predicted octanol–water partition coefficient (Wildman–Crippen LogP) is 9.02. The molecule has 0 fully saturated rings. The molecule has 30 nitrogen and oxygen atoms in total. The van der Waals surface area contributed by atoms with Crippen LogP contribution in [0.1, 0.15) is 94.5 Å². The molecule has 0 spiro atoms. The third-order valence-electron chi connectivity index (χ3n) is 18.2. The van der Waals surface area contributed by atoms with Gasteiger partial charge in [-0.1, -0.05) is 0 Å². The number of halogens is 24. The molecule has 0 aliphatic carbocycles. The maximum Gasteiger partial charge on any atom is 0.451 e. The van der Waals surface area contributed by atoms with Crippen molar-refractivity contribution in [2.45, 2.75) is 153 Å². The molecule has 4 aliphatic rings. The summed E-state index contributed by atoms with van der Waals surface area (Å²) in [5.41, 5.74) is 4.21. The molecule has 0 saturated heterocycles. The summed E-state index contributed by atoms with van der Waals surface area (Å²) in [6.07, 6.45) is -23.4. The van der Waals surface area contributed by atoms with E-state index in [0.717, 1.165) is 33.0 Å². The Kier molecular flexibility index (Phi) is 27.5. The van der Waals surface area contributed by atoms with Gasteiger partial charge >= 0.3 is 24.7 Å². The van der Waals surface area contributed by atoms with E-state index in [4.69, 9.17) is 5.73 Å². The number of hydrogen-bond donors (Lipinski definition) is 1. The lowest BCUT2D eigenvalue weighted by Crippen LogP contribution is -2.42. The normalized spacial score (nSPS) is 15.2. The minimum atomic E-state index is -4.72. The first-order valence-corrected chi connectivity index (χ1v) is 33.7. The van der Waals surface area contributed by atoms with E-state index in [1.54, 1.807) is 0 Å². The number of nitrogens with two attached hydrogens (primary N) is 1. The van der Waals surface area contributed by atoms with Gasteiger partial charge in [0.2, 0.25) is 65.1 Å². The van der Waals surface area contributed by atoms with E-state index in [9.17, 15) is 155 Å². The first kappa shape index (κ1) is 89.7. The van der Waals surface area contributed by atoms with Gasteiger partial charge in [0, 0.05) is 123 Å². The Morgan fingerprint density at radius 3 is 0.712 bits per heavy atom. The van der Waals surface area contributed by atoms with Gasteiger partial charge in [-0.15, -0.1) is 40.8 Å². The highest BCUT2D eigenvalue weighted by molar-refractivity contribution is 5.78. The number of hydrogen-bond acceptors (Lipinski definition) is 19. The van der Waals surface area contributed by atoms with Gasteiger partial charge in [-0.05, 0) is 52.9 Å². The van der Waals surface area contributed by atoms with Crippen molar-refractivity contribution in [2.24, 2.45) is 5.73 Å². The molecule has 54 heteroatoms. The van der Waals surface area contributed by atoms with E-state index in [0.29, 0.717) is 30.3 Å². The SMILES string of the molecule is N[C@@H](CC(=O)N1CCn2c(nnc2C(F)(F)F)C1)Cc1cc(F)c(F)cc1F.O=C(CC(Cc1cc(F)c(F)cc1F)[N+](=O)[O-])N1CCn2c(nnc2C(F)(F)F)C1.O=C(C[C@@H](Cc1cc(F)c(F)cc1F)[N+](=O)[O-])N1CCn2c(nnc2C(F)(F)F)C1.O=C(C[C@H](Cc1cc(F)c(F)cc1F)[N+](=O)[O-])N1CCn2c(nnc2C(F)(F)F)C1. The standard InChI is InChI=1S/3C16H13F6N5O3.C16H15F6N5O/c3*17-10-6-12(19)11(18)4-8(10)3-9(27(29)30)5-14(28)25-1-2-26-13(7-25)23-24-15(26)16(20,21)22;17-10-6-12(19)11(18)4-8(10)3-9(23)5-14(28)26-1-2-27-13(7-26)24-25-15(27)16(20,21)22/h3*4,6,9H,1-3,5,7H2;4,6,9H,1-3,5,7,23H2/t2*9-;;9-/m10.1/s1. The lowest BCUT2D eigenvalue weighted by atomic mass is 10.0. The molecule has 0 saturated carbocycles. The number of aromatic nitrogens is 12. The molecule has 8 heterocycles. The summed E-state index contributed by atoms with van der Waals surface area (Å²) in [7, 11) is 0. The number of amides is 4. The summed E-state index contributed by atoms with van der Waals surface area (Å²) in [4.78, 5) is 85.5. The zero-order valence-corrected chi connectivity index (χ0v) is 59.3. The summed E-state index contributed by atoms with van der Waals surface area (Å²) in [6, 6.07) is -2.58. The van der Waals surface area contributed by atoms with Crippen molar-refractivity contribution in [3.63, 3.8) is 0 Å². The zero-order chi connectivity index (χ0) is 87.3. The smallest absolute Gasteiger partial charge is 0.333 e. The van der Waals surface area contributed by atoms with Gasteiger partial charge in [-0.25, -0.2) is 52.7 Å². The number of nitro groups is 3. The monoisotopic (exact) mass is 1720 g/mol. The van der Waals surface area contributed by atoms with Gasteiger partial charge in [-0.3, -0.25) is 49.5 Å². The Balaban J connectivity index is 0.000000179. The molecule has 2 N–H and O–H groups in total. The number of benzene rings is 4.